The summed E-state index contributed by atoms with van der Waals surface area (Å²) in [5.74, 6) is 1.69. The average Bonchev–Trinajstić information content (AvgIpc) is 3.15. The van der Waals surface area contributed by atoms with Gasteiger partial charge in [-0.25, -0.2) is 0 Å². The number of rotatable bonds is 12. The van der Waals surface area contributed by atoms with Crippen molar-refractivity contribution in [1.29, 1.82) is 0 Å². The van der Waals surface area contributed by atoms with Gasteiger partial charge in [-0.05, 0) is 69.2 Å². The van der Waals surface area contributed by atoms with Crippen LogP contribution < -0.4 is 14.8 Å². The molecule has 7 rings (SSSR count). The number of piperidine rings is 1. The highest BCUT2D eigenvalue weighted by atomic mass is 16.5. The zero-order valence-corrected chi connectivity index (χ0v) is 29.3. The molecule has 1 unspecified atom stereocenters. The van der Waals surface area contributed by atoms with E-state index in [1.165, 1.54) is 7.11 Å². The van der Waals surface area contributed by atoms with Crippen LogP contribution in [0.5, 0.6) is 11.5 Å². The molecule has 0 spiro atoms. The van der Waals surface area contributed by atoms with Gasteiger partial charge in [0.2, 0.25) is 5.91 Å². The van der Waals surface area contributed by atoms with Crippen LogP contribution in [0.15, 0.2) is 42.5 Å². The van der Waals surface area contributed by atoms with Crippen LogP contribution in [0.3, 0.4) is 0 Å². The van der Waals surface area contributed by atoms with Crippen molar-refractivity contribution >= 4 is 17.8 Å². The number of carbonyl (C=O) groups is 3. The third-order valence-electron chi connectivity index (χ3n) is 11.1. The van der Waals surface area contributed by atoms with Gasteiger partial charge in [0.1, 0.15) is 11.5 Å². The molecule has 5 fully saturated rings. The van der Waals surface area contributed by atoms with Crippen molar-refractivity contribution in [1.82, 2.24) is 20.0 Å². The molecule has 1 aliphatic carbocycles. The maximum absolute atomic E-state index is 13.6. The van der Waals surface area contributed by atoms with Crippen molar-refractivity contribution < 1.29 is 33.3 Å². The van der Waals surface area contributed by atoms with E-state index in [9.17, 15) is 14.4 Å². The number of fused-ring (bicyclic) bond motifs is 3. The molecule has 266 valence electrons. The van der Waals surface area contributed by atoms with E-state index >= 15 is 0 Å². The van der Waals surface area contributed by atoms with Gasteiger partial charge >= 0.3 is 5.97 Å². The Morgan fingerprint density at radius 3 is 2.45 bits per heavy atom. The Balaban J connectivity index is 0.978. The van der Waals surface area contributed by atoms with Gasteiger partial charge in [-0.3, -0.25) is 19.3 Å². The first-order valence-electron chi connectivity index (χ1n) is 17.9. The topological polar surface area (TPSA) is 110 Å². The smallest absolute Gasteiger partial charge is 0.314 e. The van der Waals surface area contributed by atoms with Crippen molar-refractivity contribution in [3.63, 3.8) is 0 Å². The zero-order chi connectivity index (χ0) is 34.4. The second kappa shape index (κ2) is 15.5. The summed E-state index contributed by atoms with van der Waals surface area (Å²) in [5, 5.41) is 3.30. The van der Waals surface area contributed by atoms with Gasteiger partial charge in [-0.15, -0.1) is 0 Å². The van der Waals surface area contributed by atoms with Gasteiger partial charge in [0, 0.05) is 75.5 Å². The number of likely N-dealkylation sites (tertiary alicyclic amines) is 1. The summed E-state index contributed by atoms with van der Waals surface area (Å²) in [6, 6.07) is 13.7. The second-order valence-electron chi connectivity index (χ2n) is 14.1. The molecule has 4 heterocycles. The third-order valence-corrected chi connectivity index (χ3v) is 11.1. The average molecular weight is 677 g/mol. The van der Waals surface area contributed by atoms with E-state index in [0.717, 1.165) is 87.3 Å². The number of methoxy groups -OCH3 is 2. The Morgan fingerprint density at radius 2 is 1.76 bits per heavy atom. The molecule has 1 atom stereocenters. The van der Waals surface area contributed by atoms with Crippen molar-refractivity contribution in [2.24, 2.45) is 5.41 Å². The fraction of sp³-hybridized carbons (Fsp3) is 0.605. The van der Waals surface area contributed by atoms with Crippen LogP contribution in [0.4, 0.5) is 0 Å². The van der Waals surface area contributed by atoms with E-state index < -0.39 is 5.41 Å². The highest BCUT2D eigenvalue weighted by Crippen LogP contribution is 2.49. The number of piperazine rings is 1. The minimum absolute atomic E-state index is 0.0620. The van der Waals surface area contributed by atoms with E-state index in [0.29, 0.717) is 45.0 Å². The molecule has 4 aliphatic heterocycles. The van der Waals surface area contributed by atoms with Gasteiger partial charge < -0.3 is 34.1 Å². The summed E-state index contributed by atoms with van der Waals surface area (Å²) in [4.78, 5) is 45.5. The number of esters is 1. The number of ether oxygens (including phenoxy) is 4. The molecule has 49 heavy (non-hydrogen) atoms. The Kier molecular flexibility index (Phi) is 11.1. The lowest BCUT2D eigenvalue weighted by Gasteiger charge is -2.53. The summed E-state index contributed by atoms with van der Waals surface area (Å²) in [7, 11) is 3.09. The van der Waals surface area contributed by atoms with E-state index in [4.69, 9.17) is 18.9 Å². The van der Waals surface area contributed by atoms with Gasteiger partial charge in [0.15, 0.2) is 0 Å². The molecule has 2 aromatic carbocycles. The number of amides is 2. The van der Waals surface area contributed by atoms with Crippen molar-refractivity contribution in [2.75, 3.05) is 79.8 Å². The van der Waals surface area contributed by atoms with E-state index in [2.05, 4.69) is 16.3 Å². The van der Waals surface area contributed by atoms with Crippen molar-refractivity contribution in [3.8, 4) is 11.5 Å². The first kappa shape index (κ1) is 35.2. The number of nitrogens with one attached hydrogen (secondary N) is 1. The highest BCUT2D eigenvalue weighted by Gasteiger charge is 2.54. The summed E-state index contributed by atoms with van der Waals surface area (Å²) >= 11 is 0. The molecule has 5 aliphatic rings. The number of hydrogen-bond acceptors (Lipinski definition) is 9. The van der Waals surface area contributed by atoms with Crippen LogP contribution in [0.2, 0.25) is 0 Å². The molecular formula is C38H52N4O7. The van der Waals surface area contributed by atoms with Crippen LogP contribution in [0.1, 0.15) is 72.9 Å². The monoisotopic (exact) mass is 676 g/mol. The predicted octanol–water partition coefficient (Wildman–Crippen LogP) is 3.85. The van der Waals surface area contributed by atoms with Crippen LogP contribution >= 0.6 is 0 Å². The fourth-order valence-electron chi connectivity index (χ4n) is 8.06. The number of hydrogen-bond donors (Lipinski definition) is 1. The van der Waals surface area contributed by atoms with E-state index in [1.807, 2.05) is 53.1 Å². The summed E-state index contributed by atoms with van der Waals surface area (Å²) in [6.07, 6.45) is 5.29. The van der Waals surface area contributed by atoms with Crippen LogP contribution in [-0.2, 0) is 25.6 Å². The number of benzene rings is 2. The fourth-order valence-corrected chi connectivity index (χ4v) is 8.06. The van der Waals surface area contributed by atoms with Gasteiger partial charge in [0.05, 0.1) is 45.0 Å². The Hall–Kier alpha value is -3.67. The zero-order valence-electron chi connectivity index (χ0n) is 29.3. The van der Waals surface area contributed by atoms with Crippen molar-refractivity contribution in [3.05, 3.63) is 59.2 Å². The molecule has 2 bridgehead atoms. The normalized spacial score (nSPS) is 25.6. The molecule has 0 radical (unpaired) electrons. The molecule has 11 heteroatoms. The van der Waals surface area contributed by atoms with Crippen molar-refractivity contribution in [2.45, 2.75) is 63.5 Å². The minimum Gasteiger partial charge on any atom is -0.497 e. The molecule has 1 saturated carbocycles. The lowest BCUT2D eigenvalue weighted by atomic mass is 9.66. The predicted molar refractivity (Wildman–Crippen MR) is 185 cm³/mol. The quantitative estimate of drug-likeness (QED) is 0.336. The molecule has 11 nitrogen and oxygen atoms in total. The summed E-state index contributed by atoms with van der Waals surface area (Å²) in [6.45, 7) is 8.89. The number of carbonyl (C=O) groups excluding carboxylic acids is 3. The second-order valence-corrected chi connectivity index (χ2v) is 14.1. The summed E-state index contributed by atoms with van der Waals surface area (Å²) in [5.41, 5.74) is 2.14. The first-order chi connectivity index (χ1) is 23.8. The molecule has 4 saturated heterocycles. The van der Waals surface area contributed by atoms with Crippen LogP contribution in [0, 0.1) is 5.41 Å². The Labute approximate surface area is 290 Å². The van der Waals surface area contributed by atoms with Gasteiger partial charge in [-0.2, -0.15) is 0 Å². The van der Waals surface area contributed by atoms with Crippen LogP contribution in [0.25, 0.3) is 0 Å². The third kappa shape index (κ3) is 7.89. The first-order valence-corrected chi connectivity index (χ1v) is 17.9. The minimum atomic E-state index is -0.466. The standard InChI is InChI=1S/C38H52N4O7/c1-4-48-33-22-32(46-2)11-10-30(33)23-39-24-34(43)42-16-6-9-31(25-42)28-7-5-8-29(21-28)35(44)41-19-17-40(18-20-41)26-38-14-12-37(13-15-38,27-49-38)36(45)47-3/h5,7-8,10-11,21-22,31,39H,4,6,9,12-20,23-27H2,1-3H3. The van der Waals surface area contributed by atoms with E-state index in [1.54, 1.807) is 7.11 Å². The van der Waals surface area contributed by atoms with E-state index in [-0.39, 0.29) is 35.8 Å². The largest absolute Gasteiger partial charge is 0.497 e. The maximum Gasteiger partial charge on any atom is 0.314 e. The maximum atomic E-state index is 13.6. The van der Waals surface area contributed by atoms with Gasteiger partial charge in [-0.1, -0.05) is 18.2 Å². The molecular weight excluding hydrogens is 624 g/mol. The molecule has 2 aromatic rings. The summed E-state index contributed by atoms with van der Waals surface area (Å²) < 4.78 is 22.5. The van der Waals surface area contributed by atoms with Crippen LogP contribution in [-0.4, -0.2) is 118 Å². The SMILES string of the molecule is CCOc1cc(OC)ccc1CNCC(=O)N1CCCC(c2cccc(C(=O)N3CCN(CC45CCC(C(=O)OC)(CC4)CO5)CC3)c2)C1. The molecule has 2 amide bonds. The lowest BCUT2D eigenvalue weighted by Crippen LogP contribution is -2.60. The number of nitrogens with zero attached hydrogens (tertiary/aromatic N) is 3. The Bertz CT molecular complexity index is 1470. The Morgan fingerprint density at radius 1 is 0.959 bits per heavy atom. The van der Waals surface area contributed by atoms with Gasteiger partial charge in [0.25, 0.3) is 5.91 Å². The lowest BCUT2D eigenvalue weighted by molar-refractivity contribution is -0.208. The molecule has 1 N–H and O–H groups in total. The highest BCUT2D eigenvalue weighted by molar-refractivity contribution is 5.94. The molecule has 0 aromatic heterocycles.